The van der Waals surface area contributed by atoms with Gasteiger partial charge >= 0.3 is 5.97 Å². The van der Waals surface area contributed by atoms with E-state index in [2.05, 4.69) is 9.72 Å². The van der Waals surface area contributed by atoms with E-state index in [0.717, 1.165) is 0 Å². The minimum Gasteiger partial charge on any atom is -0.468 e. The molecule has 0 spiro atoms. The standard InChI is InChI=1S/C8H9FN2O2/c1-13-8(12)6(10)5-3-2-4-11-7(5)9/h2-4,6H,10H2,1H3/t6-/m0/s1. The highest BCUT2D eigenvalue weighted by molar-refractivity contribution is 5.77. The van der Waals surface area contributed by atoms with E-state index in [-0.39, 0.29) is 5.56 Å². The highest BCUT2D eigenvalue weighted by Crippen LogP contribution is 2.13. The van der Waals surface area contributed by atoms with Crippen molar-refractivity contribution in [1.29, 1.82) is 0 Å². The van der Waals surface area contributed by atoms with Gasteiger partial charge in [-0.2, -0.15) is 4.39 Å². The van der Waals surface area contributed by atoms with Gasteiger partial charge in [-0.05, 0) is 6.07 Å². The quantitative estimate of drug-likeness (QED) is 0.533. The number of carbonyl (C=O) groups excluding carboxylic acids is 1. The molecule has 1 atom stereocenters. The van der Waals surface area contributed by atoms with E-state index in [1.165, 1.54) is 25.4 Å². The average molecular weight is 184 g/mol. The lowest BCUT2D eigenvalue weighted by molar-refractivity contribution is -0.142. The van der Waals surface area contributed by atoms with Crippen LogP contribution < -0.4 is 5.73 Å². The molecule has 0 saturated heterocycles. The van der Waals surface area contributed by atoms with E-state index in [9.17, 15) is 9.18 Å². The van der Waals surface area contributed by atoms with Gasteiger partial charge in [0, 0.05) is 11.8 Å². The number of aromatic nitrogens is 1. The molecule has 2 N–H and O–H groups in total. The van der Waals surface area contributed by atoms with Crippen molar-refractivity contribution in [2.75, 3.05) is 7.11 Å². The van der Waals surface area contributed by atoms with Crippen LogP contribution in [-0.2, 0) is 9.53 Å². The topological polar surface area (TPSA) is 65.2 Å². The summed E-state index contributed by atoms with van der Waals surface area (Å²) in [6.07, 6.45) is 1.28. The number of halogens is 1. The van der Waals surface area contributed by atoms with Crippen LogP contribution in [0.3, 0.4) is 0 Å². The number of hydrogen-bond acceptors (Lipinski definition) is 4. The van der Waals surface area contributed by atoms with Crippen LogP contribution in [0.4, 0.5) is 4.39 Å². The molecule has 0 radical (unpaired) electrons. The molecule has 0 aliphatic heterocycles. The number of nitrogens with two attached hydrogens (primary N) is 1. The third-order valence-electron chi connectivity index (χ3n) is 1.58. The predicted octanol–water partition coefficient (Wildman–Crippen LogP) is 0.393. The zero-order chi connectivity index (χ0) is 9.84. The van der Waals surface area contributed by atoms with Gasteiger partial charge in [0.2, 0.25) is 5.95 Å². The number of esters is 1. The normalized spacial score (nSPS) is 12.2. The fourth-order valence-electron chi connectivity index (χ4n) is 0.884. The first-order valence-electron chi connectivity index (χ1n) is 3.60. The van der Waals surface area contributed by atoms with Crippen LogP contribution in [0.2, 0.25) is 0 Å². The van der Waals surface area contributed by atoms with E-state index < -0.39 is 18.0 Å². The lowest BCUT2D eigenvalue weighted by Gasteiger charge is -2.08. The number of nitrogens with zero attached hydrogens (tertiary/aromatic N) is 1. The van der Waals surface area contributed by atoms with Gasteiger partial charge in [0.15, 0.2) is 0 Å². The number of hydrogen-bond donors (Lipinski definition) is 1. The van der Waals surface area contributed by atoms with Gasteiger partial charge in [-0.15, -0.1) is 0 Å². The van der Waals surface area contributed by atoms with Crippen LogP contribution in [0.25, 0.3) is 0 Å². The third kappa shape index (κ3) is 2.00. The monoisotopic (exact) mass is 184 g/mol. The van der Waals surface area contributed by atoms with E-state index >= 15 is 0 Å². The molecule has 0 aliphatic carbocycles. The molecule has 0 amide bonds. The summed E-state index contributed by atoms with van der Waals surface area (Å²) in [5.41, 5.74) is 5.43. The first-order valence-corrected chi connectivity index (χ1v) is 3.60. The molecular weight excluding hydrogens is 175 g/mol. The summed E-state index contributed by atoms with van der Waals surface area (Å²) in [6.45, 7) is 0. The van der Waals surface area contributed by atoms with Crippen molar-refractivity contribution >= 4 is 5.97 Å². The largest absolute Gasteiger partial charge is 0.468 e. The van der Waals surface area contributed by atoms with E-state index in [4.69, 9.17) is 5.73 Å². The van der Waals surface area contributed by atoms with Gasteiger partial charge in [0.25, 0.3) is 0 Å². The summed E-state index contributed by atoms with van der Waals surface area (Å²) in [5, 5.41) is 0. The molecule has 5 heteroatoms. The molecule has 0 fully saturated rings. The smallest absolute Gasteiger partial charge is 0.327 e. The van der Waals surface area contributed by atoms with Crippen molar-refractivity contribution < 1.29 is 13.9 Å². The van der Waals surface area contributed by atoms with Crippen LogP contribution in [0, 0.1) is 5.95 Å². The maximum atomic E-state index is 12.9. The molecule has 1 aromatic heterocycles. The summed E-state index contributed by atoms with van der Waals surface area (Å²) in [5.74, 6) is -1.44. The van der Waals surface area contributed by atoms with Crippen molar-refractivity contribution in [2.45, 2.75) is 6.04 Å². The fraction of sp³-hybridized carbons (Fsp3) is 0.250. The molecule has 1 heterocycles. The Kier molecular flexibility index (Phi) is 2.92. The molecule has 4 nitrogen and oxygen atoms in total. The van der Waals surface area contributed by atoms with E-state index in [1.54, 1.807) is 0 Å². The Hall–Kier alpha value is -1.49. The molecule has 0 aliphatic rings. The molecule has 0 aromatic carbocycles. The van der Waals surface area contributed by atoms with Gasteiger partial charge in [-0.25, -0.2) is 4.98 Å². The van der Waals surface area contributed by atoms with Crippen LogP contribution in [0.5, 0.6) is 0 Å². The van der Waals surface area contributed by atoms with Crippen molar-refractivity contribution in [3.05, 3.63) is 29.8 Å². The molecule has 0 unspecified atom stereocenters. The Labute approximate surface area is 74.5 Å². The van der Waals surface area contributed by atoms with E-state index in [1.807, 2.05) is 0 Å². The fourth-order valence-corrected chi connectivity index (χ4v) is 0.884. The van der Waals surface area contributed by atoms with Crippen LogP contribution in [0.15, 0.2) is 18.3 Å². The summed E-state index contributed by atoms with van der Waals surface area (Å²) in [4.78, 5) is 14.3. The number of pyridine rings is 1. The highest BCUT2D eigenvalue weighted by Gasteiger charge is 2.19. The Balaban J connectivity index is 2.95. The van der Waals surface area contributed by atoms with Gasteiger partial charge in [-0.3, -0.25) is 4.79 Å². The molecule has 70 valence electrons. The van der Waals surface area contributed by atoms with Gasteiger partial charge < -0.3 is 10.5 Å². The molecular formula is C8H9FN2O2. The zero-order valence-electron chi connectivity index (χ0n) is 7.03. The molecule has 1 rings (SSSR count). The Morgan fingerprint density at radius 3 is 3.00 bits per heavy atom. The number of carbonyl (C=O) groups is 1. The second-order valence-corrected chi connectivity index (χ2v) is 2.38. The maximum absolute atomic E-state index is 12.9. The number of rotatable bonds is 2. The summed E-state index contributed by atoms with van der Waals surface area (Å²) in [7, 11) is 1.19. The first-order chi connectivity index (χ1) is 6.16. The third-order valence-corrected chi connectivity index (χ3v) is 1.58. The number of ether oxygens (including phenoxy) is 1. The lowest BCUT2D eigenvalue weighted by Crippen LogP contribution is -2.23. The summed E-state index contributed by atoms with van der Waals surface area (Å²) < 4.78 is 17.3. The minimum atomic E-state index is -1.11. The minimum absolute atomic E-state index is 0.0364. The summed E-state index contributed by atoms with van der Waals surface area (Å²) >= 11 is 0. The van der Waals surface area contributed by atoms with Crippen molar-refractivity contribution in [3.8, 4) is 0 Å². The van der Waals surface area contributed by atoms with Crippen LogP contribution in [0.1, 0.15) is 11.6 Å². The molecule has 1 aromatic rings. The van der Waals surface area contributed by atoms with Crippen molar-refractivity contribution in [2.24, 2.45) is 5.73 Å². The zero-order valence-corrected chi connectivity index (χ0v) is 7.03. The molecule has 0 saturated carbocycles. The van der Waals surface area contributed by atoms with Gasteiger partial charge in [-0.1, -0.05) is 6.07 Å². The van der Waals surface area contributed by atoms with Crippen LogP contribution in [-0.4, -0.2) is 18.1 Å². The van der Waals surface area contributed by atoms with Gasteiger partial charge in [0.1, 0.15) is 6.04 Å². The Bertz CT molecular complexity index is 317. The maximum Gasteiger partial charge on any atom is 0.327 e. The molecule has 13 heavy (non-hydrogen) atoms. The highest BCUT2D eigenvalue weighted by atomic mass is 19.1. The van der Waals surface area contributed by atoms with Crippen LogP contribution >= 0.6 is 0 Å². The van der Waals surface area contributed by atoms with Crippen molar-refractivity contribution in [1.82, 2.24) is 4.98 Å². The predicted molar refractivity (Wildman–Crippen MR) is 43.1 cm³/mol. The SMILES string of the molecule is COC(=O)[C@@H](N)c1cccnc1F. The second kappa shape index (κ2) is 3.95. The lowest BCUT2D eigenvalue weighted by atomic mass is 10.1. The Morgan fingerprint density at radius 1 is 1.77 bits per heavy atom. The first kappa shape index (κ1) is 9.60. The summed E-state index contributed by atoms with van der Waals surface area (Å²) in [6, 6.07) is 1.78. The average Bonchev–Trinajstić information content (AvgIpc) is 2.16. The van der Waals surface area contributed by atoms with E-state index in [0.29, 0.717) is 0 Å². The van der Waals surface area contributed by atoms with Gasteiger partial charge in [0.05, 0.1) is 7.11 Å². The Morgan fingerprint density at radius 2 is 2.46 bits per heavy atom. The van der Waals surface area contributed by atoms with Crippen molar-refractivity contribution in [3.63, 3.8) is 0 Å². The second-order valence-electron chi connectivity index (χ2n) is 2.38. The number of methoxy groups -OCH3 is 1. The molecule has 0 bridgehead atoms.